The van der Waals surface area contributed by atoms with Crippen molar-refractivity contribution in [2.24, 2.45) is 0 Å². The lowest BCUT2D eigenvalue weighted by Crippen LogP contribution is -2.61. The molecule has 0 amide bonds. The van der Waals surface area contributed by atoms with Gasteiger partial charge in [0.2, 0.25) is 0 Å². The average Bonchev–Trinajstić information content (AvgIpc) is 3.05. The van der Waals surface area contributed by atoms with Gasteiger partial charge in [-0.05, 0) is 126 Å². The molecule has 3 nitrogen and oxygen atoms in total. The van der Waals surface area contributed by atoms with Gasteiger partial charge in [0.05, 0.1) is 0 Å². The van der Waals surface area contributed by atoms with E-state index in [0.29, 0.717) is 5.92 Å². The van der Waals surface area contributed by atoms with Crippen LogP contribution in [-0.4, -0.2) is 20.8 Å². The maximum absolute atomic E-state index is 15.1. The van der Waals surface area contributed by atoms with E-state index >= 15 is 4.39 Å². The van der Waals surface area contributed by atoms with Crippen molar-refractivity contribution in [3.8, 4) is 0 Å². The van der Waals surface area contributed by atoms with E-state index in [1.807, 2.05) is 18.2 Å². The lowest BCUT2D eigenvalue weighted by atomic mass is 9.33. The predicted octanol–water partition coefficient (Wildman–Crippen LogP) is 8.16. The van der Waals surface area contributed by atoms with Crippen LogP contribution in [0.25, 0.3) is 0 Å². The second kappa shape index (κ2) is 10.5. The number of benzene rings is 5. The van der Waals surface area contributed by atoms with Crippen LogP contribution >= 0.6 is 0 Å². The van der Waals surface area contributed by atoms with Crippen LogP contribution < -0.4 is 31.1 Å². The molecule has 1 fully saturated rings. The highest BCUT2D eigenvalue weighted by molar-refractivity contribution is 7.00. The molecule has 5 aromatic rings. The average molecular weight is 582 g/mol. The molecule has 218 valence electrons. The SMILES string of the molecule is CN(C)c1ccc(N2c3ccccc3B3c4cc(F)ccc4N(c4ccc(F)cc4)c4cc(C5CCCCC5)cc2c43)cc1. The van der Waals surface area contributed by atoms with Gasteiger partial charge in [-0.3, -0.25) is 0 Å². The Labute approximate surface area is 258 Å². The van der Waals surface area contributed by atoms with Crippen molar-refractivity contribution in [3.05, 3.63) is 120 Å². The Morgan fingerprint density at radius 1 is 0.614 bits per heavy atom. The minimum absolute atomic E-state index is 0.142. The fourth-order valence-corrected chi connectivity index (χ4v) is 7.66. The third kappa shape index (κ3) is 4.30. The number of rotatable bonds is 4. The van der Waals surface area contributed by atoms with Crippen LogP contribution in [0.2, 0.25) is 0 Å². The Bertz CT molecular complexity index is 1860. The topological polar surface area (TPSA) is 9.72 Å². The lowest BCUT2D eigenvalue weighted by Gasteiger charge is -2.44. The zero-order valence-electron chi connectivity index (χ0n) is 25.1. The smallest absolute Gasteiger partial charge is 0.252 e. The molecule has 0 spiro atoms. The fraction of sp³-hybridized carbons (Fsp3) is 0.211. The van der Waals surface area contributed by atoms with Crippen molar-refractivity contribution < 1.29 is 8.78 Å². The Kier molecular flexibility index (Phi) is 6.48. The van der Waals surface area contributed by atoms with E-state index in [9.17, 15) is 4.39 Å². The summed E-state index contributed by atoms with van der Waals surface area (Å²) in [5.41, 5.74) is 11.9. The number of para-hydroxylation sites is 1. The molecule has 0 atom stereocenters. The number of nitrogens with zero attached hydrogens (tertiary/aromatic N) is 3. The molecule has 1 saturated carbocycles. The van der Waals surface area contributed by atoms with Crippen molar-refractivity contribution in [1.82, 2.24) is 0 Å². The Morgan fingerprint density at radius 3 is 1.86 bits per heavy atom. The van der Waals surface area contributed by atoms with Gasteiger partial charge in [0.15, 0.2) is 0 Å². The first-order valence-electron chi connectivity index (χ1n) is 15.7. The highest BCUT2D eigenvalue weighted by Crippen LogP contribution is 2.46. The number of fused-ring (bicyclic) bond motifs is 4. The zero-order chi connectivity index (χ0) is 29.9. The quantitative estimate of drug-likeness (QED) is 0.194. The van der Waals surface area contributed by atoms with Crippen LogP contribution in [0.4, 0.5) is 48.6 Å². The minimum atomic E-state index is -0.276. The molecule has 2 heterocycles. The van der Waals surface area contributed by atoms with Crippen molar-refractivity contribution in [1.29, 1.82) is 0 Å². The maximum atomic E-state index is 15.1. The summed E-state index contributed by atoms with van der Waals surface area (Å²) in [5, 5.41) is 0. The standard InChI is InChI=1S/C38H34BF2N3/c1-42(2)29-17-19-31(20-18-29)43-34-11-7-6-10-32(34)39-33-24-28(41)14-21-35(33)44(30-15-12-27(40)13-16-30)37-23-26(22-36(43)38(37)39)25-8-4-3-5-9-25/h6-7,10-25H,3-5,8-9H2,1-2H3. The third-order valence-corrected chi connectivity index (χ3v) is 9.75. The van der Waals surface area contributed by atoms with E-state index in [1.54, 1.807) is 12.1 Å². The van der Waals surface area contributed by atoms with E-state index in [4.69, 9.17) is 0 Å². The molecular weight excluding hydrogens is 547 g/mol. The predicted molar refractivity (Wildman–Crippen MR) is 181 cm³/mol. The third-order valence-electron chi connectivity index (χ3n) is 9.75. The summed E-state index contributed by atoms with van der Waals surface area (Å²) in [5.74, 6) is -0.0587. The van der Waals surface area contributed by atoms with Gasteiger partial charge in [-0.15, -0.1) is 0 Å². The first-order chi connectivity index (χ1) is 21.5. The molecule has 0 N–H and O–H groups in total. The van der Waals surface area contributed by atoms with Crippen molar-refractivity contribution in [2.45, 2.75) is 38.0 Å². The molecule has 0 aromatic heterocycles. The Hall–Kier alpha value is -4.58. The van der Waals surface area contributed by atoms with Crippen LogP contribution in [0.3, 0.4) is 0 Å². The minimum Gasteiger partial charge on any atom is -0.378 e. The van der Waals surface area contributed by atoms with Gasteiger partial charge < -0.3 is 14.7 Å². The monoisotopic (exact) mass is 581 g/mol. The van der Waals surface area contributed by atoms with Gasteiger partial charge >= 0.3 is 0 Å². The van der Waals surface area contributed by atoms with Crippen LogP contribution in [-0.2, 0) is 0 Å². The summed E-state index contributed by atoms with van der Waals surface area (Å²) in [6, 6.07) is 33.9. The number of hydrogen-bond donors (Lipinski definition) is 0. The molecule has 44 heavy (non-hydrogen) atoms. The summed E-state index contributed by atoms with van der Waals surface area (Å²) >= 11 is 0. The lowest BCUT2D eigenvalue weighted by molar-refractivity contribution is 0.444. The van der Waals surface area contributed by atoms with E-state index in [1.165, 1.54) is 49.8 Å². The van der Waals surface area contributed by atoms with Crippen LogP contribution in [0.15, 0.2) is 103 Å². The van der Waals surface area contributed by atoms with E-state index in [2.05, 4.69) is 89.5 Å². The van der Waals surface area contributed by atoms with Crippen molar-refractivity contribution in [2.75, 3.05) is 28.8 Å². The van der Waals surface area contributed by atoms with Crippen molar-refractivity contribution >= 4 is 62.9 Å². The van der Waals surface area contributed by atoms with Gasteiger partial charge in [0.1, 0.15) is 11.6 Å². The number of hydrogen-bond acceptors (Lipinski definition) is 3. The van der Waals surface area contributed by atoms with E-state index in [0.717, 1.165) is 56.2 Å². The highest BCUT2D eigenvalue weighted by Gasteiger charge is 2.44. The molecule has 3 aliphatic rings. The molecule has 2 aliphatic heterocycles. The van der Waals surface area contributed by atoms with E-state index < -0.39 is 0 Å². The molecule has 5 aromatic carbocycles. The first kappa shape index (κ1) is 27.0. The molecule has 0 unspecified atom stereocenters. The summed E-state index contributed by atoms with van der Waals surface area (Å²) in [6.07, 6.45) is 6.11. The molecular formula is C38H34BF2N3. The first-order valence-corrected chi connectivity index (χ1v) is 15.7. The fourth-order valence-electron chi connectivity index (χ4n) is 7.66. The Morgan fingerprint density at radius 2 is 1.20 bits per heavy atom. The Balaban J connectivity index is 1.45. The maximum Gasteiger partial charge on any atom is 0.252 e. The molecule has 1 aliphatic carbocycles. The van der Waals surface area contributed by atoms with Crippen LogP contribution in [0.1, 0.15) is 43.6 Å². The highest BCUT2D eigenvalue weighted by atomic mass is 19.1. The van der Waals surface area contributed by atoms with Crippen LogP contribution in [0.5, 0.6) is 0 Å². The molecule has 0 radical (unpaired) electrons. The second-order valence-corrected chi connectivity index (χ2v) is 12.6. The molecule has 0 bridgehead atoms. The summed E-state index contributed by atoms with van der Waals surface area (Å²) < 4.78 is 29.3. The molecule has 8 rings (SSSR count). The normalized spacial score (nSPS) is 15.5. The second-order valence-electron chi connectivity index (χ2n) is 12.6. The van der Waals surface area contributed by atoms with Gasteiger partial charge in [0.25, 0.3) is 6.71 Å². The van der Waals surface area contributed by atoms with E-state index in [-0.39, 0.29) is 18.3 Å². The zero-order valence-corrected chi connectivity index (χ0v) is 25.1. The van der Waals surface area contributed by atoms with Gasteiger partial charge in [-0.1, -0.05) is 37.5 Å². The van der Waals surface area contributed by atoms with Crippen molar-refractivity contribution in [3.63, 3.8) is 0 Å². The van der Waals surface area contributed by atoms with Gasteiger partial charge in [-0.25, -0.2) is 8.78 Å². The summed E-state index contributed by atoms with van der Waals surface area (Å²) in [4.78, 5) is 6.72. The summed E-state index contributed by atoms with van der Waals surface area (Å²) in [6.45, 7) is -0.142. The molecule has 6 heteroatoms. The largest absolute Gasteiger partial charge is 0.378 e. The van der Waals surface area contributed by atoms with Crippen LogP contribution in [0, 0.1) is 11.6 Å². The number of halogens is 2. The summed E-state index contributed by atoms with van der Waals surface area (Å²) in [7, 11) is 4.11. The number of anilines is 7. The van der Waals surface area contributed by atoms with Gasteiger partial charge in [-0.2, -0.15) is 0 Å². The van der Waals surface area contributed by atoms with Gasteiger partial charge in [0, 0.05) is 53.9 Å². The molecule has 0 saturated heterocycles.